The average Bonchev–Trinajstić information content (AvgIpc) is 3.27. The Hall–Kier alpha value is -4.00. The van der Waals surface area contributed by atoms with Crippen molar-refractivity contribution in [2.75, 3.05) is 5.32 Å². The molecule has 7 heteroatoms. The number of halogens is 1. The minimum absolute atomic E-state index is 0.301. The van der Waals surface area contributed by atoms with E-state index in [4.69, 9.17) is 4.74 Å². The van der Waals surface area contributed by atoms with E-state index < -0.39 is 12.1 Å². The number of pyridine rings is 1. The second-order valence-electron chi connectivity index (χ2n) is 7.18. The average molecular weight is 397 g/mol. The highest BCUT2D eigenvalue weighted by molar-refractivity contribution is 5.85. The third-order valence-corrected chi connectivity index (χ3v) is 5.53. The summed E-state index contributed by atoms with van der Waals surface area (Å²) in [6.45, 7) is 0. The van der Waals surface area contributed by atoms with Gasteiger partial charge in [0.25, 0.3) is 0 Å². The lowest BCUT2D eigenvalue weighted by atomic mass is 9.84. The predicted octanol–water partition coefficient (Wildman–Crippen LogP) is 4.37. The number of nitrogens with zero attached hydrogens (tertiary/aromatic N) is 4. The van der Waals surface area contributed by atoms with Crippen molar-refractivity contribution in [1.82, 2.24) is 19.7 Å². The molecule has 4 heterocycles. The largest absolute Gasteiger partial charge is 0.480 e. The fourth-order valence-corrected chi connectivity index (χ4v) is 4.23. The van der Waals surface area contributed by atoms with Gasteiger partial charge >= 0.3 is 0 Å². The topological polar surface area (TPSA) is 64.9 Å². The van der Waals surface area contributed by atoms with Crippen LogP contribution < -0.4 is 10.1 Å². The zero-order chi connectivity index (χ0) is 20.1. The number of aromatic nitrogens is 4. The van der Waals surface area contributed by atoms with E-state index in [0.717, 1.165) is 28.1 Å². The molecule has 0 fully saturated rings. The minimum atomic E-state index is -0.508. The number of para-hydroxylation sites is 1. The van der Waals surface area contributed by atoms with Gasteiger partial charge in [0.1, 0.15) is 30.0 Å². The van der Waals surface area contributed by atoms with Gasteiger partial charge in [-0.05, 0) is 35.9 Å². The number of rotatable bonds is 2. The lowest BCUT2D eigenvalue weighted by Gasteiger charge is -2.38. The normalized spacial score (nSPS) is 19.2. The number of benzene rings is 2. The van der Waals surface area contributed by atoms with E-state index in [9.17, 15) is 0 Å². The zero-order valence-electron chi connectivity index (χ0n) is 15.7. The summed E-state index contributed by atoms with van der Waals surface area (Å²) in [5, 5.41) is 7.81. The molecule has 2 atom stereocenters. The summed E-state index contributed by atoms with van der Waals surface area (Å²) in [5.41, 5.74) is 4.10. The fraction of sp³-hybridized carbons (Fsp3) is 0.0870. The molecule has 1 N–H and O–H groups in total. The van der Waals surface area contributed by atoms with Crippen LogP contribution in [-0.2, 0) is 0 Å². The van der Waals surface area contributed by atoms with Crippen LogP contribution in [0, 0.1) is 5.82 Å². The monoisotopic (exact) mass is 397 g/mol. The summed E-state index contributed by atoms with van der Waals surface area (Å²) in [7, 11) is 0. The maximum absolute atomic E-state index is 15.0. The molecular weight excluding hydrogens is 381 g/mol. The number of ether oxygens (including phenoxy) is 1. The number of hydrogen-bond donors (Lipinski definition) is 1. The van der Waals surface area contributed by atoms with Crippen LogP contribution in [0.3, 0.4) is 0 Å². The van der Waals surface area contributed by atoms with Gasteiger partial charge in [0.05, 0.1) is 5.70 Å². The Morgan fingerprint density at radius 3 is 2.63 bits per heavy atom. The van der Waals surface area contributed by atoms with Crippen molar-refractivity contribution in [2.24, 2.45) is 0 Å². The molecule has 30 heavy (non-hydrogen) atoms. The summed E-state index contributed by atoms with van der Waals surface area (Å²) in [4.78, 5) is 8.49. The maximum atomic E-state index is 15.0. The molecule has 0 unspecified atom stereocenters. The van der Waals surface area contributed by atoms with Crippen LogP contribution in [0.5, 0.6) is 5.75 Å². The van der Waals surface area contributed by atoms with Gasteiger partial charge in [0.2, 0.25) is 5.95 Å². The standard InChI is InChI=1S/C23H16FN5O/c24-17-7-3-1-5-15(17)21-19-20(28-23-26-13-27-29(21)23)16-6-2-4-8-18(16)30-22(19)14-9-11-25-12-10-14/h1-13,21-22H,(H,26,27,28)/t21-,22+/m1/s1. The molecule has 4 aromatic rings. The van der Waals surface area contributed by atoms with Crippen molar-refractivity contribution < 1.29 is 9.13 Å². The molecule has 0 aliphatic carbocycles. The van der Waals surface area contributed by atoms with Gasteiger partial charge in [-0.2, -0.15) is 10.1 Å². The molecule has 0 spiro atoms. The lowest BCUT2D eigenvalue weighted by Crippen LogP contribution is -2.32. The zero-order valence-corrected chi connectivity index (χ0v) is 15.7. The van der Waals surface area contributed by atoms with Crippen molar-refractivity contribution >= 4 is 11.6 Å². The van der Waals surface area contributed by atoms with Crippen molar-refractivity contribution in [2.45, 2.75) is 12.1 Å². The van der Waals surface area contributed by atoms with E-state index in [-0.39, 0.29) is 5.82 Å². The first kappa shape index (κ1) is 16.9. The molecule has 0 amide bonds. The van der Waals surface area contributed by atoms with Crippen LogP contribution in [0.4, 0.5) is 10.3 Å². The molecule has 0 bridgehead atoms. The summed E-state index contributed by atoms with van der Waals surface area (Å²) in [5.74, 6) is 1.02. The summed E-state index contributed by atoms with van der Waals surface area (Å²) in [6, 6.07) is 17.9. The number of anilines is 1. The third-order valence-electron chi connectivity index (χ3n) is 5.53. The van der Waals surface area contributed by atoms with E-state index in [1.807, 2.05) is 42.5 Å². The van der Waals surface area contributed by atoms with Crippen molar-refractivity contribution in [1.29, 1.82) is 0 Å². The molecule has 6 nitrogen and oxygen atoms in total. The van der Waals surface area contributed by atoms with Crippen molar-refractivity contribution in [3.8, 4) is 5.75 Å². The van der Waals surface area contributed by atoms with Gasteiger partial charge in [-0.1, -0.05) is 30.3 Å². The Bertz CT molecular complexity index is 1280. The summed E-state index contributed by atoms with van der Waals surface area (Å²) >= 11 is 0. The van der Waals surface area contributed by atoms with Gasteiger partial charge in [-0.15, -0.1) is 0 Å². The molecule has 0 saturated heterocycles. The molecular formula is C23H16FN5O. The SMILES string of the molecule is Fc1ccccc1[C@@H]1C2=C(Nc3ncnn31)c1ccccc1O[C@H]2c1ccncc1. The molecule has 0 saturated carbocycles. The van der Waals surface area contributed by atoms with Gasteiger partial charge in [0, 0.05) is 29.1 Å². The molecule has 0 radical (unpaired) electrons. The minimum Gasteiger partial charge on any atom is -0.480 e. The van der Waals surface area contributed by atoms with Crippen molar-refractivity contribution in [3.63, 3.8) is 0 Å². The first-order chi connectivity index (χ1) is 14.8. The smallest absolute Gasteiger partial charge is 0.226 e. The molecule has 2 aliphatic heterocycles. The van der Waals surface area contributed by atoms with Gasteiger partial charge in [-0.25, -0.2) is 9.07 Å². The van der Waals surface area contributed by atoms with Crippen LogP contribution in [0.2, 0.25) is 0 Å². The Morgan fingerprint density at radius 2 is 1.77 bits per heavy atom. The third kappa shape index (κ3) is 2.45. The Morgan fingerprint density at radius 1 is 0.967 bits per heavy atom. The van der Waals surface area contributed by atoms with Gasteiger partial charge < -0.3 is 10.1 Å². The van der Waals surface area contributed by atoms with E-state index >= 15 is 4.39 Å². The fourth-order valence-electron chi connectivity index (χ4n) is 4.23. The second kappa shape index (κ2) is 6.52. The summed E-state index contributed by atoms with van der Waals surface area (Å²) < 4.78 is 23.2. The predicted molar refractivity (Wildman–Crippen MR) is 109 cm³/mol. The molecule has 146 valence electrons. The summed E-state index contributed by atoms with van der Waals surface area (Å²) in [6.07, 6.45) is 4.50. The van der Waals surface area contributed by atoms with Crippen LogP contribution in [0.25, 0.3) is 5.70 Å². The lowest BCUT2D eigenvalue weighted by molar-refractivity contribution is 0.222. The maximum Gasteiger partial charge on any atom is 0.226 e. The van der Waals surface area contributed by atoms with Gasteiger partial charge in [-0.3, -0.25) is 4.98 Å². The van der Waals surface area contributed by atoms with Crippen molar-refractivity contribution in [3.05, 3.63) is 107 Å². The highest BCUT2D eigenvalue weighted by Crippen LogP contribution is 2.50. The van der Waals surface area contributed by atoms with Gasteiger partial charge in [0.15, 0.2) is 0 Å². The number of nitrogens with one attached hydrogen (secondary N) is 1. The van der Waals surface area contributed by atoms with E-state index in [2.05, 4.69) is 20.4 Å². The van der Waals surface area contributed by atoms with E-state index in [1.165, 1.54) is 12.4 Å². The highest BCUT2D eigenvalue weighted by atomic mass is 19.1. The number of fused-ring (bicyclic) bond motifs is 3. The van der Waals surface area contributed by atoms with E-state index in [0.29, 0.717) is 11.5 Å². The van der Waals surface area contributed by atoms with Crippen LogP contribution in [0.1, 0.15) is 28.8 Å². The van der Waals surface area contributed by atoms with E-state index in [1.54, 1.807) is 29.2 Å². The number of hydrogen-bond acceptors (Lipinski definition) is 5. The Labute approximate surface area is 171 Å². The second-order valence-corrected chi connectivity index (χ2v) is 7.18. The Balaban J connectivity index is 1.66. The first-order valence-electron chi connectivity index (χ1n) is 9.62. The highest BCUT2D eigenvalue weighted by Gasteiger charge is 2.41. The van der Waals surface area contributed by atoms with Crippen LogP contribution >= 0.6 is 0 Å². The first-order valence-corrected chi connectivity index (χ1v) is 9.62. The quantitative estimate of drug-likeness (QED) is 0.544. The molecule has 2 aromatic heterocycles. The van der Waals surface area contributed by atoms with Crippen LogP contribution in [0.15, 0.2) is 85.0 Å². The molecule has 2 aliphatic rings. The molecule has 6 rings (SSSR count). The Kier molecular flexibility index (Phi) is 3.67. The van der Waals surface area contributed by atoms with Crippen LogP contribution in [-0.4, -0.2) is 19.7 Å². The molecule has 2 aromatic carbocycles.